The van der Waals surface area contributed by atoms with Gasteiger partial charge in [0.05, 0.1) is 36.5 Å². The van der Waals surface area contributed by atoms with E-state index in [2.05, 4.69) is 0 Å². The number of nitrogens with zero attached hydrogens (tertiary/aromatic N) is 1. The quantitative estimate of drug-likeness (QED) is 0.675. The Hall–Kier alpha value is -2.19. The van der Waals surface area contributed by atoms with Gasteiger partial charge >= 0.3 is 0 Å². The van der Waals surface area contributed by atoms with Crippen LogP contribution in [-0.4, -0.2) is 50.8 Å². The highest BCUT2D eigenvalue weighted by molar-refractivity contribution is 8.00. The number of carbonyl (C=O) groups excluding carboxylic acids is 1. The van der Waals surface area contributed by atoms with Gasteiger partial charge in [-0.25, -0.2) is 8.42 Å². The van der Waals surface area contributed by atoms with Crippen LogP contribution in [0.15, 0.2) is 53.4 Å². The summed E-state index contributed by atoms with van der Waals surface area (Å²) in [7, 11) is -3.09. The number of amides is 1. The molecule has 8 heteroatoms. The summed E-state index contributed by atoms with van der Waals surface area (Å²) in [5, 5.41) is 0. The normalized spacial score (nSPS) is 20.1. The molecule has 0 unspecified atom stereocenters. The standard InChI is InChI=1S/C21H23NO5S2/c23-21(14-28-18-7-8-19-20(13-18)27-11-4-10-26-19)22(16-5-2-1-3-6-16)17-9-12-29(24,25)15-17/h1-3,5-8,13,17H,4,9-12,14-15H2/t17-/m1/s1. The third kappa shape index (κ3) is 4.87. The first-order valence-electron chi connectivity index (χ1n) is 9.62. The lowest BCUT2D eigenvalue weighted by molar-refractivity contribution is -0.116. The zero-order valence-corrected chi connectivity index (χ0v) is 17.6. The molecule has 0 saturated carbocycles. The number of ether oxygens (including phenoxy) is 2. The molecular weight excluding hydrogens is 410 g/mol. The average Bonchev–Trinajstić information content (AvgIpc) is 2.92. The first-order chi connectivity index (χ1) is 14.0. The van der Waals surface area contributed by atoms with Gasteiger partial charge in [-0.3, -0.25) is 4.79 Å². The van der Waals surface area contributed by atoms with Crippen LogP contribution in [0.3, 0.4) is 0 Å². The van der Waals surface area contributed by atoms with E-state index in [4.69, 9.17) is 9.47 Å². The van der Waals surface area contributed by atoms with Crippen molar-refractivity contribution in [2.75, 3.05) is 35.4 Å². The second-order valence-corrected chi connectivity index (χ2v) is 10.4. The largest absolute Gasteiger partial charge is 0.490 e. The highest BCUT2D eigenvalue weighted by atomic mass is 32.2. The number of carbonyl (C=O) groups is 1. The van der Waals surface area contributed by atoms with Gasteiger partial charge in [0.25, 0.3) is 0 Å². The number of fused-ring (bicyclic) bond motifs is 1. The molecule has 0 spiro atoms. The van der Waals surface area contributed by atoms with E-state index in [1.165, 1.54) is 11.8 Å². The summed E-state index contributed by atoms with van der Waals surface area (Å²) < 4.78 is 35.3. The lowest BCUT2D eigenvalue weighted by Crippen LogP contribution is -2.42. The highest BCUT2D eigenvalue weighted by Gasteiger charge is 2.35. The molecule has 1 amide bonds. The Morgan fingerprint density at radius 3 is 2.55 bits per heavy atom. The second kappa shape index (κ2) is 8.67. The summed E-state index contributed by atoms with van der Waals surface area (Å²) in [5.41, 5.74) is 0.735. The number of hydrogen-bond acceptors (Lipinski definition) is 6. The maximum atomic E-state index is 13.1. The number of thioether (sulfide) groups is 1. The van der Waals surface area contributed by atoms with Gasteiger partial charge in [-0.1, -0.05) is 18.2 Å². The van der Waals surface area contributed by atoms with Gasteiger partial charge in [-0.15, -0.1) is 11.8 Å². The summed E-state index contributed by atoms with van der Waals surface area (Å²) in [6.07, 6.45) is 1.31. The van der Waals surface area contributed by atoms with E-state index < -0.39 is 9.84 Å². The fourth-order valence-electron chi connectivity index (χ4n) is 3.57. The molecule has 4 rings (SSSR count). The first-order valence-corrected chi connectivity index (χ1v) is 12.4. The lowest BCUT2D eigenvalue weighted by atomic mass is 10.2. The third-order valence-corrected chi connectivity index (χ3v) is 7.69. The van der Waals surface area contributed by atoms with Gasteiger partial charge in [-0.05, 0) is 36.8 Å². The van der Waals surface area contributed by atoms with Crippen LogP contribution in [0.5, 0.6) is 11.5 Å². The van der Waals surface area contributed by atoms with Crippen molar-refractivity contribution in [1.82, 2.24) is 0 Å². The Balaban J connectivity index is 1.49. The molecule has 0 aromatic heterocycles. The summed E-state index contributed by atoms with van der Waals surface area (Å²) >= 11 is 1.41. The van der Waals surface area contributed by atoms with Crippen molar-refractivity contribution in [3.05, 3.63) is 48.5 Å². The molecule has 0 N–H and O–H groups in total. The molecule has 1 atom stereocenters. The van der Waals surface area contributed by atoms with Crippen molar-refractivity contribution in [1.29, 1.82) is 0 Å². The fourth-order valence-corrected chi connectivity index (χ4v) is 6.06. The molecule has 0 radical (unpaired) electrons. The predicted octanol–water partition coefficient (Wildman–Crippen LogP) is 3.16. The maximum absolute atomic E-state index is 13.1. The molecule has 2 aliphatic rings. The number of hydrogen-bond donors (Lipinski definition) is 0. The topological polar surface area (TPSA) is 72.9 Å². The van der Waals surface area contributed by atoms with Crippen molar-refractivity contribution in [2.45, 2.75) is 23.8 Å². The van der Waals surface area contributed by atoms with Crippen molar-refractivity contribution < 1.29 is 22.7 Å². The number of para-hydroxylation sites is 1. The van der Waals surface area contributed by atoms with Gasteiger partial charge in [0.2, 0.25) is 5.91 Å². The van der Waals surface area contributed by atoms with E-state index in [0.717, 1.165) is 22.8 Å². The average molecular weight is 434 g/mol. The molecule has 2 aliphatic heterocycles. The van der Waals surface area contributed by atoms with Crippen LogP contribution in [0.2, 0.25) is 0 Å². The Kier molecular flexibility index (Phi) is 6.01. The molecule has 2 aromatic rings. The van der Waals surface area contributed by atoms with E-state index in [1.807, 2.05) is 48.5 Å². The third-order valence-electron chi connectivity index (χ3n) is 4.96. The van der Waals surface area contributed by atoms with Gasteiger partial charge in [0, 0.05) is 17.0 Å². The number of anilines is 1. The minimum Gasteiger partial charge on any atom is -0.490 e. The molecule has 2 heterocycles. The first kappa shape index (κ1) is 20.1. The molecule has 29 heavy (non-hydrogen) atoms. The molecule has 1 saturated heterocycles. The molecule has 0 bridgehead atoms. The minimum atomic E-state index is -3.09. The Morgan fingerprint density at radius 1 is 1.07 bits per heavy atom. The number of rotatable bonds is 5. The van der Waals surface area contributed by atoms with Crippen molar-refractivity contribution in [3.8, 4) is 11.5 Å². The van der Waals surface area contributed by atoms with Gasteiger partial charge in [0.1, 0.15) is 0 Å². The van der Waals surface area contributed by atoms with Crippen molar-refractivity contribution in [3.63, 3.8) is 0 Å². The van der Waals surface area contributed by atoms with Gasteiger partial charge in [0.15, 0.2) is 21.3 Å². The predicted molar refractivity (Wildman–Crippen MR) is 114 cm³/mol. The van der Waals surface area contributed by atoms with Crippen molar-refractivity contribution >= 4 is 33.2 Å². The van der Waals surface area contributed by atoms with Crippen molar-refractivity contribution in [2.24, 2.45) is 0 Å². The van der Waals surface area contributed by atoms with E-state index in [1.54, 1.807) is 4.90 Å². The van der Waals surface area contributed by atoms with Crippen LogP contribution in [0.4, 0.5) is 5.69 Å². The SMILES string of the molecule is O=C(CSc1ccc2c(c1)OCCCO2)N(c1ccccc1)[C@@H]1CCS(=O)(=O)C1. The van der Waals surface area contributed by atoms with E-state index in [9.17, 15) is 13.2 Å². The Labute approximate surface area is 175 Å². The maximum Gasteiger partial charge on any atom is 0.237 e. The number of sulfone groups is 1. The van der Waals surface area contributed by atoms with Gasteiger partial charge < -0.3 is 14.4 Å². The second-order valence-electron chi connectivity index (χ2n) is 7.10. The van der Waals surface area contributed by atoms with Crippen LogP contribution in [-0.2, 0) is 14.6 Å². The summed E-state index contributed by atoms with van der Waals surface area (Å²) in [5.74, 6) is 1.68. The summed E-state index contributed by atoms with van der Waals surface area (Å²) in [6, 6.07) is 14.6. The van der Waals surface area contributed by atoms with Crippen LogP contribution in [0, 0.1) is 0 Å². The van der Waals surface area contributed by atoms with Crippen LogP contribution in [0.1, 0.15) is 12.8 Å². The lowest BCUT2D eigenvalue weighted by Gasteiger charge is -2.28. The summed E-state index contributed by atoms with van der Waals surface area (Å²) in [4.78, 5) is 15.7. The van der Waals surface area contributed by atoms with E-state index >= 15 is 0 Å². The Morgan fingerprint density at radius 2 is 1.83 bits per heavy atom. The van der Waals surface area contributed by atoms with Crippen LogP contribution in [0.25, 0.3) is 0 Å². The number of benzene rings is 2. The molecule has 6 nitrogen and oxygen atoms in total. The minimum absolute atomic E-state index is 0.0162. The smallest absolute Gasteiger partial charge is 0.237 e. The van der Waals surface area contributed by atoms with Crippen LogP contribution >= 0.6 is 11.8 Å². The van der Waals surface area contributed by atoms with Gasteiger partial charge in [-0.2, -0.15) is 0 Å². The monoisotopic (exact) mass is 433 g/mol. The highest BCUT2D eigenvalue weighted by Crippen LogP contribution is 2.34. The van der Waals surface area contributed by atoms with E-state index in [0.29, 0.717) is 25.4 Å². The van der Waals surface area contributed by atoms with Crippen LogP contribution < -0.4 is 14.4 Å². The fraction of sp³-hybridized carbons (Fsp3) is 0.381. The zero-order chi connectivity index (χ0) is 20.3. The molecule has 0 aliphatic carbocycles. The molecule has 154 valence electrons. The summed E-state index contributed by atoms with van der Waals surface area (Å²) in [6.45, 7) is 1.24. The Bertz CT molecular complexity index is 978. The van der Waals surface area contributed by atoms with E-state index in [-0.39, 0.29) is 29.2 Å². The zero-order valence-electron chi connectivity index (χ0n) is 16.0. The molecular formula is C21H23NO5S2. The molecule has 2 aromatic carbocycles. The molecule has 1 fully saturated rings.